The van der Waals surface area contributed by atoms with Crippen LogP contribution < -0.4 is 9.47 Å². The first kappa shape index (κ1) is 15.9. The van der Waals surface area contributed by atoms with E-state index >= 15 is 0 Å². The van der Waals surface area contributed by atoms with Gasteiger partial charge in [0, 0.05) is 11.6 Å². The minimum Gasteiger partial charge on any atom is -0.496 e. The summed E-state index contributed by atoms with van der Waals surface area (Å²) in [6.45, 7) is 2.08. The average Bonchev–Trinajstić information content (AvgIpc) is 3.04. The van der Waals surface area contributed by atoms with Crippen LogP contribution in [0.3, 0.4) is 0 Å². The number of methoxy groups -OCH3 is 2. The summed E-state index contributed by atoms with van der Waals surface area (Å²) in [7, 11) is 3.33. The van der Waals surface area contributed by atoms with Gasteiger partial charge < -0.3 is 9.47 Å². The molecule has 1 heterocycles. The maximum atomic E-state index is 5.56. The Morgan fingerprint density at radius 3 is 2.43 bits per heavy atom. The molecule has 0 spiro atoms. The summed E-state index contributed by atoms with van der Waals surface area (Å²) in [6.07, 6.45) is 1.80. The lowest BCUT2D eigenvalue weighted by molar-refractivity contribution is 0.393. The first-order chi connectivity index (χ1) is 11.2. The highest BCUT2D eigenvalue weighted by molar-refractivity contribution is 14.1. The molecule has 0 saturated carbocycles. The fourth-order valence-corrected chi connectivity index (χ4v) is 3.25. The Bertz CT molecular complexity index is 843. The summed E-state index contributed by atoms with van der Waals surface area (Å²) in [4.78, 5) is 0. The molecule has 0 atom stereocenters. The second kappa shape index (κ2) is 6.62. The number of para-hydroxylation sites is 1. The van der Waals surface area contributed by atoms with Crippen LogP contribution in [0, 0.1) is 10.5 Å². The van der Waals surface area contributed by atoms with E-state index in [1.54, 1.807) is 20.4 Å². The molecule has 5 heteroatoms. The van der Waals surface area contributed by atoms with Gasteiger partial charge in [-0.05, 0) is 53.3 Å². The minimum absolute atomic E-state index is 0.762. The van der Waals surface area contributed by atoms with Crippen LogP contribution in [0.5, 0.6) is 11.5 Å². The number of aromatic nitrogens is 2. The Morgan fingerprint density at radius 1 is 1.00 bits per heavy atom. The van der Waals surface area contributed by atoms with Crippen LogP contribution in [0.15, 0.2) is 48.7 Å². The monoisotopic (exact) mass is 420 g/mol. The number of benzene rings is 2. The van der Waals surface area contributed by atoms with Gasteiger partial charge in [0.25, 0.3) is 0 Å². The van der Waals surface area contributed by atoms with E-state index in [4.69, 9.17) is 9.47 Å². The fraction of sp³-hybridized carbons (Fsp3) is 0.167. The molecule has 3 aromatic rings. The van der Waals surface area contributed by atoms with Crippen molar-refractivity contribution in [3.63, 3.8) is 0 Å². The molecule has 0 saturated heterocycles. The molecular formula is C18H17IN2O2. The van der Waals surface area contributed by atoms with Crippen molar-refractivity contribution in [1.82, 2.24) is 9.78 Å². The van der Waals surface area contributed by atoms with E-state index in [0.717, 1.165) is 32.0 Å². The summed E-state index contributed by atoms with van der Waals surface area (Å²) in [5.41, 5.74) is 4.19. The first-order valence-corrected chi connectivity index (χ1v) is 8.25. The Morgan fingerprint density at radius 2 is 1.74 bits per heavy atom. The molecule has 1 aromatic heterocycles. The van der Waals surface area contributed by atoms with Crippen molar-refractivity contribution < 1.29 is 9.47 Å². The molecular weight excluding hydrogens is 403 g/mol. The van der Waals surface area contributed by atoms with E-state index in [0.29, 0.717) is 0 Å². The Kier molecular flexibility index (Phi) is 4.56. The van der Waals surface area contributed by atoms with Gasteiger partial charge in [0.15, 0.2) is 0 Å². The van der Waals surface area contributed by atoms with E-state index < -0.39 is 0 Å². The van der Waals surface area contributed by atoms with Gasteiger partial charge >= 0.3 is 0 Å². The van der Waals surface area contributed by atoms with E-state index in [1.807, 2.05) is 28.9 Å². The highest BCUT2D eigenvalue weighted by atomic mass is 127. The third-order valence-electron chi connectivity index (χ3n) is 3.74. The number of hydrogen-bond acceptors (Lipinski definition) is 3. The zero-order chi connectivity index (χ0) is 16.4. The Labute approximate surface area is 149 Å². The predicted octanol–water partition coefficient (Wildman–Crippen LogP) is 4.47. The number of rotatable bonds is 4. The molecule has 0 unspecified atom stereocenters. The zero-order valence-corrected chi connectivity index (χ0v) is 15.4. The van der Waals surface area contributed by atoms with Crippen molar-refractivity contribution in [2.45, 2.75) is 6.92 Å². The van der Waals surface area contributed by atoms with Gasteiger partial charge in [-0.2, -0.15) is 5.10 Å². The van der Waals surface area contributed by atoms with Gasteiger partial charge in [-0.15, -0.1) is 0 Å². The highest BCUT2D eigenvalue weighted by Crippen LogP contribution is 2.37. The van der Waals surface area contributed by atoms with Crippen LogP contribution in [0.4, 0.5) is 0 Å². The van der Waals surface area contributed by atoms with Crippen LogP contribution in [-0.2, 0) is 0 Å². The van der Waals surface area contributed by atoms with Gasteiger partial charge in [0.05, 0.1) is 35.4 Å². The second-order valence-electron chi connectivity index (χ2n) is 5.10. The van der Waals surface area contributed by atoms with Crippen molar-refractivity contribution in [3.05, 3.63) is 57.8 Å². The quantitative estimate of drug-likeness (QED) is 0.585. The summed E-state index contributed by atoms with van der Waals surface area (Å²) in [5.74, 6) is 1.56. The smallest absolute Gasteiger partial charge is 0.135 e. The van der Waals surface area contributed by atoms with Crippen molar-refractivity contribution in [2.75, 3.05) is 14.2 Å². The third kappa shape index (κ3) is 2.93. The second-order valence-corrected chi connectivity index (χ2v) is 6.26. The van der Waals surface area contributed by atoms with E-state index in [9.17, 15) is 0 Å². The van der Waals surface area contributed by atoms with Crippen LogP contribution in [0.25, 0.3) is 16.9 Å². The molecule has 0 fully saturated rings. The number of hydrogen-bond donors (Lipinski definition) is 0. The lowest BCUT2D eigenvalue weighted by Crippen LogP contribution is -2.02. The maximum Gasteiger partial charge on any atom is 0.135 e. The molecule has 0 N–H and O–H groups in total. The SMILES string of the molecule is COc1cc(OC)c(-c2ccnn2-c2ccccc2C)cc1I. The summed E-state index contributed by atoms with van der Waals surface area (Å²) in [5, 5.41) is 4.50. The average molecular weight is 420 g/mol. The Balaban J connectivity index is 2.20. The van der Waals surface area contributed by atoms with Crippen molar-refractivity contribution >= 4 is 22.6 Å². The lowest BCUT2D eigenvalue weighted by atomic mass is 10.1. The molecule has 4 nitrogen and oxygen atoms in total. The Hall–Kier alpha value is -2.02. The van der Waals surface area contributed by atoms with Gasteiger partial charge in [-0.25, -0.2) is 4.68 Å². The van der Waals surface area contributed by atoms with Gasteiger partial charge in [0.1, 0.15) is 11.5 Å². The van der Waals surface area contributed by atoms with Crippen molar-refractivity contribution in [3.8, 4) is 28.4 Å². The fourth-order valence-electron chi connectivity index (χ4n) is 2.56. The van der Waals surface area contributed by atoms with Crippen molar-refractivity contribution in [1.29, 1.82) is 0 Å². The standard InChI is InChI=1S/C18H17IN2O2/c1-12-6-4-5-7-15(12)21-16(8-9-20-21)13-10-14(19)18(23-3)11-17(13)22-2/h4-11H,1-3H3. The van der Waals surface area contributed by atoms with Crippen LogP contribution in [0.1, 0.15) is 5.56 Å². The lowest BCUT2D eigenvalue weighted by Gasteiger charge is -2.15. The third-order valence-corrected chi connectivity index (χ3v) is 4.58. The van der Waals surface area contributed by atoms with E-state index in [-0.39, 0.29) is 0 Å². The molecule has 3 rings (SSSR count). The number of halogens is 1. The molecule has 0 amide bonds. The summed E-state index contributed by atoms with van der Waals surface area (Å²) in [6, 6.07) is 14.1. The molecule has 0 aliphatic rings. The molecule has 2 aromatic carbocycles. The van der Waals surface area contributed by atoms with E-state index in [2.05, 4.69) is 52.8 Å². The molecule has 0 radical (unpaired) electrons. The van der Waals surface area contributed by atoms with Gasteiger partial charge in [0.2, 0.25) is 0 Å². The minimum atomic E-state index is 0.762. The number of ether oxygens (including phenoxy) is 2. The number of aryl methyl sites for hydroxylation is 1. The topological polar surface area (TPSA) is 36.3 Å². The molecule has 0 aliphatic heterocycles. The van der Waals surface area contributed by atoms with Crippen molar-refractivity contribution in [2.24, 2.45) is 0 Å². The predicted molar refractivity (Wildman–Crippen MR) is 99.6 cm³/mol. The highest BCUT2D eigenvalue weighted by Gasteiger charge is 2.16. The molecule has 23 heavy (non-hydrogen) atoms. The largest absolute Gasteiger partial charge is 0.496 e. The van der Waals surface area contributed by atoms with Crippen LogP contribution in [0.2, 0.25) is 0 Å². The van der Waals surface area contributed by atoms with Gasteiger partial charge in [-0.1, -0.05) is 18.2 Å². The normalized spacial score (nSPS) is 10.6. The first-order valence-electron chi connectivity index (χ1n) is 7.17. The maximum absolute atomic E-state index is 5.56. The van der Waals surface area contributed by atoms with Gasteiger partial charge in [-0.3, -0.25) is 0 Å². The zero-order valence-electron chi connectivity index (χ0n) is 13.2. The van der Waals surface area contributed by atoms with Crippen LogP contribution in [-0.4, -0.2) is 24.0 Å². The van der Waals surface area contributed by atoms with E-state index in [1.165, 1.54) is 5.56 Å². The molecule has 0 bridgehead atoms. The molecule has 118 valence electrons. The molecule has 0 aliphatic carbocycles. The summed E-state index contributed by atoms with van der Waals surface area (Å²) < 4.78 is 13.9. The van der Waals surface area contributed by atoms with Crippen LogP contribution >= 0.6 is 22.6 Å². The summed E-state index contributed by atoms with van der Waals surface area (Å²) >= 11 is 2.27. The number of nitrogens with zero attached hydrogens (tertiary/aromatic N) is 2.